The van der Waals surface area contributed by atoms with E-state index in [0.717, 1.165) is 23.4 Å². The minimum atomic E-state index is -0.173. The van der Waals surface area contributed by atoms with Crippen molar-refractivity contribution < 1.29 is 4.39 Å². The van der Waals surface area contributed by atoms with Crippen LogP contribution in [0.15, 0.2) is 42.9 Å². The van der Waals surface area contributed by atoms with Crippen molar-refractivity contribution in [2.75, 3.05) is 6.54 Å². The van der Waals surface area contributed by atoms with Gasteiger partial charge >= 0.3 is 0 Å². The summed E-state index contributed by atoms with van der Waals surface area (Å²) in [7, 11) is 0. The van der Waals surface area contributed by atoms with E-state index in [0.29, 0.717) is 18.0 Å². The fourth-order valence-electron chi connectivity index (χ4n) is 4.89. The fourth-order valence-corrected chi connectivity index (χ4v) is 4.89. The Morgan fingerprint density at radius 2 is 2.04 bits per heavy atom. The van der Waals surface area contributed by atoms with Crippen LogP contribution in [-0.2, 0) is 0 Å². The van der Waals surface area contributed by atoms with Crippen LogP contribution in [-0.4, -0.2) is 22.6 Å². The van der Waals surface area contributed by atoms with Crippen molar-refractivity contribution in [1.29, 1.82) is 0 Å². The van der Waals surface area contributed by atoms with Gasteiger partial charge in [-0.05, 0) is 80.2 Å². The summed E-state index contributed by atoms with van der Waals surface area (Å²) in [6, 6.07) is 7.04. The van der Waals surface area contributed by atoms with Crippen molar-refractivity contribution in [1.82, 2.24) is 15.2 Å². The first-order chi connectivity index (χ1) is 12.7. The van der Waals surface area contributed by atoms with Gasteiger partial charge in [0.15, 0.2) is 0 Å². The van der Waals surface area contributed by atoms with Crippen molar-refractivity contribution in [2.24, 2.45) is 11.8 Å². The van der Waals surface area contributed by atoms with Gasteiger partial charge in [-0.15, -0.1) is 0 Å². The Morgan fingerprint density at radius 3 is 2.81 bits per heavy atom. The molecule has 0 spiro atoms. The highest BCUT2D eigenvalue weighted by atomic mass is 19.1. The van der Waals surface area contributed by atoms with Crippen LogP contribution in [0, 0.1) is 17.7 Å². The van der Waals surface area contributed by atoms with Gasteiger partial charge in [0, 0.05) is 30.5 Å². The van der Waals surface area contributed by atoms with Gasteiger partial charge in [0.05, 0.1) is 5.52 Å². The molecule has 2 aromatic rings. The van der Waals surface area contributed by atoms with Crippen LogP contribution < -0.4 is 5.32 Å². The van der Waals surface area contributed by atoms with Crippen molar-refractivity contribution >= 4 is 10.9 Å². The molecule has 1 aliphatic heterocycles. The van der Waals surface area contributed by atoms with Crippen LogP contribution in [0.5, 0.6) is 0 Å². The van der Waals surface area contributed by atoms with Crippen LogP contribution in [0.1, 0.15) is 51.0 Å². The van der Waals surface area contributed by atoms with E-state index in [4.69, 9.17) is 0 Å². The molecule has 4 rings (SSSR count). The predicted molar refractivity (Wildman–Crippen MR) is 104 cm³/mol. The second-order valence-electron chi connectivity index (χ2n) is 7.79. The summed E-state index contributed by atoms with van der Waals surface area (Å²) in [5.74, 6) is 1.70. The molecule has 0 amide bonds. The van der Waals surface area contributed by atoms with Crippen molar-refractivity contribution in [3.63, 3.8) is 0 Å². The molecule has 0 bridgehead atoms. The molecule has 2 aliphatic rings. The number of nitrogens with one attached hydrogen (secondary N) is 1. The molecular weight excluding hydrogens is 325 g/mol. The molecule has 1 aromatic heterocycles. The van der Waals surface area contributed by atoms with Gasteiger partial charge in [-0.2, -0.15) is 0 Å². The van der Waals surface area contributed by atoms with E-state index >= 15 is 0 Å². The molecule has 1 fully saturated rings. The lowest BCUT2D eigenvalue weighted by molar-refractivity contribution is 0.135. The molecule has 3 nitrogen and oxygen atoms in total. The topological polar surface area (TPSA) is 28.2 Å². The molecule has 138 valence electrons. The van der Waals surface area contributed by atoms with Crippen LogP contribution >= 0.6 is 0 Å². The minimum absolute atomic E-state index is 0.173. The molecule has 0 saturated heterocycles. The highest BCUT2D eigenvalue weighted by molar-refractivity contribution is 5.82. The summed E-state index contributed by atoms with van der Waals surface area (Å²) in [5.41, 5.74) is 2.18. The highest BCUT2D eigenvalue weighted by Crippen LogP contribution is 2.41. The summed E-state index contributed by atoms with van der Waals surface area (Å²) in [6.45, 7) is 5.64. The maximum atomic E-state index is 13.7. The highest BCUT2D eigenvalue weighted by Gasteiger charge is 2.33. The standard InChI is InChI=1S/C22H28FN3/c1-3-26-13-12-25-22(26)15(2)16-4-6-17(7-5-16)19-10-11-24-21-9-8-18(23)14-20(19)21/h8-17,22,25H,3-7H2,1-2H3/t15-,16?,17?,22-/m1/s1. The summed E-state index contributed by atoms with van der Waals surface area (Å²) >= 11 is 0. The van der Waals surface area contributed by atoms with Crippen LogP contribution in [0.4, 0.5) is 4.39 Å². The normalized spacial score (nSPS) is 26.9. The third-order valence-corrected chi connectivity index (χ3v) is 6.45. The molecular formula is C22H28FN3. The Bertz CT molecular complexity index is 795. The van der Waals surface area contributed by atoms with E-state index in [2.05, 4.69) is 47.5 Å². The van der Waals surface area contributed by atoms with Gasteiger partial charge < -0.3 is 10.2 Å². The minimum Gasteiger partial charge on any atom is -0.370 e. The summed E-state index contributed by atoms with van der Waals surface area (Å²) in [5, 5.41) is 4.51. The Kier molecular flexibility index (Phi) is 4.84. The first-order valence-electron chi connectivity index (χ1n) is 9.90. The number of fused-ring (bicyclic) bond motifs is 1. The zero-order valence-corrected chi connectivity index (χ0v) is 15.7. The number of hydrogen-bond acceptors (Lipinski definition) is 3. The fraction of sp³-hybridized carbons (Fsp3) is 0.500. The van der Waals surface area contributed by atoms with E-state index < -0.39 is 0 Å². The zero-order chi connectivity index (χ0) is 18.1. The van der Waals surface area contributed by atoms with Crippen molar-refractivity contribution in [2.45, 2.75) is 51.6 Å². The number of benzene rings is 1. The second-order valence-corrected chi connectivity index (χ2v) is 7.79. The molecule has 1 aliphatic carbocycles. The predicted octanol–water partition coefficient (Wildman–Crippen LogP) is 5.01. The first-order valence-corrected chi connectivity index (χ1v) is 9.90. The number of nitrogens with zero attached hydrogens (tertiary/aromatic N) is 2. The lowest BCUT2D eigenvalue weighted by Crippen LogP contribution is -2.44. The van der Waals surface area contributed by atoms with Crippen LogP contribution in [0.25, 0.3) is 10.9 Å². The van der Waals surface area contributed by atoms with Crippen LogP contribution in [0.3, 0.4) is 0 Å². The number of hydrogen-bond donors (Lipinski definition) is 1. The summed E-state index contributed by atoms with van der Waals surface area (Å²) < 4.78 is 13.7. The van der Waals surface area contributed by atoms with Gasteiger partial charge in [0.25, 0.3) is 0 Å². The van der Waals surface area contributed by atoms with Crippen molar-refractivity contribution in [3.05, 3.63) is 54.2 Å². The first kappa shape index (κ1) is 17.3. The SMILES string of the molecule is CCN1C=CN[C@H]1[C@H](C)C1CCC(c2ccnc3ccc(F)cc23)CC1. The number of rotatable bonds is 4. The Morgan fingerprint density at radius 1 is 1.23 bits per heavy atom. The Labute approximate surface area is 155 Å². The van der Waals surface area contributed by atoms with E-state index in [9.17, 15) is 4.39 Å². The maximum Gasteiger partial charge on any atom is 0.123 e. The number of pyridine rings is 1. The third kappa shape index (κ3) is 3.17. The third-order valence-electron chi connectivity index (χ3n) is 6.45. The van der Waals surface area contributed by atoms with Gasteiger partial charge in [0.1, 0.15) is 12.0 Å². The Balaban J connectivity index is 1.46. The number of halogens is 1. The molecule has 1 saturated carbocycles. The molecule has 0 radical (unpaired) electrons. The Hall–Kier alpha value is -2.10. The van der Waals surface area contributed by atoms with Gasteiger partial charge in [0.2, 0.25) is 0 Å². The monoisotopic (exact) mass is 353 g/mol. The summed E-state index contributed by atoms with van der Waals surface area (Å²) in [4.78, 5) is 6.80. The zero-order valence-electron chi connectivity index (χ0n) is 15.7. The van der Waals surface area contributed by atoms with E-state index in [1.54, 1.807) is 12.1 Å². The van der Waals surface area contributed by atoms with Gasteiger partial charge in [-0.25, -0.2) is 4.39 Å². The molecule has 26 heavy (non-hydrogen) atoms. The van der Waals surface area contributed by atoms with Crippen LogP contribution in [0.2, 0.25) is 0 Å². The van der Waals surface area contributed by atoms with E-state index in [1.807, 2.05) is 6.20 Å². The van der Waals surface area contributed by atoms with E-state index in [-0.39, 0.29) is 5.82 Å². The van der Waals surface area contributed by atoms with Gasteiger partial charge in [-0.1, -0.05) is 6.92 Å². The maximum absolute atomic E-state index is 13.7. The second kappa shape index (κ2) is 7.26. The van der Waals surface area contributed by atoms with E-state index in [1.165, 1.54) is 37.3 Å². The summed E-state index contributed by atoms with van der Waals surface area (Å²) in [6.07, 6.45) is 11.4. The number of aromatic nitrogens is 1. The molecule has 1 aromatic carbocycles. The average molecular weight is 353 g/mol. The smallest absolute Gasteiger partial charge is 0.123 e. The molecule has 2 atom stereocenters. The average Bonchev–Trinajstić information content (AvgIpc) is 3.16. The molecule has 2 heterocycles. The lowest BCUT2D eigenvalue weighted by Gasteiger charge is -2.38. The van der Waals surface area contributed by atoms with Gasteiger partial charge in [-0.3, -0.25) is 4.98 Å². The molecule has 0 unspecified atom stereocenters. The molecule has 1 N–H and O–H groups in total. The quantitative estimate of drug-likeness (QED) is 0.838. The molecule has 4 heteroatoms. The largest absolute Gasteiger partial charge is 0.370 e. The lowest BCUT2D eigenvalue weighted by atomic mass is 9.73. The van der Waals surface area contributed by atoms with Crippen molar-refractivity contribution in [3.8, 4) is 0 Å².